The second-order valence-corrected chi connectivity index (χ2v) is 5.97. The molecular weight excluding hydrogens is 222 g/mol. The Hall–Kier alpha value is -0.930. The van der Waals surface area contributed by atoms with Crippen LogP contribution in [0.4, 0.5) is 5.69 Å². The zero-order valence-corrected chi connectivity index (χ0v) is 10.7. The second kappa shape index (κ2) is 4.29. The first-order valence-electron chi connectivity index (χ1n) is 4.82. The molecule has 15 heavy (non-hydrogen) atoms. The second-order valence-electron chi connectivity index (χ2n) is 3.62. The van der Waals surface area contributed by atoms with Crippen molar-refractivity contribution in [2.45, 2.75) is 20.8 Å². The third-order valence-corrected chi connectivity index (χ3v) is 4.30. The normalized spacial score (nSPS) is 12.1. The van der Waals surface area contributed by atoms with Crippen molar-refractivity contribution in [3.8, 4) is 0 Å². The van der Waals surface area contributed by atoms with Crippen LogP contribution in [0.25, 0.3) is 0 Å². The summed E-state index contributed by atoms with van der Waals surface area (Å²) in [5, 5.41) is 2.15. The first kappa shape index (κ1) is 10.6. The maximum atomic E-state index is 4.64. The zero-order chi connectivity index (χ0) is 10.8. The Morgan fingerprint density at radius 2 is 1.93 bits per heavy atom. The van der Waals surface area contributed by atoms with E-state index in [0.29, 0.717) is 0 Å². The molecule has 2 rings (SSSR count). The summed E-state index contributed by atoms with van der Waals surface area (Å²) >= 11 is 3.46. The van der Waals surface area contributed by atoms with Gasteiger partial charge in [0.2, 0.25) is 0 Å². The average molecular weight is 235 g/mol. The van der Waals surface area contributed by atoms with E-state index in [-0.39, 0.29) is 0 Å². The molecule has 0 unspecified atom stereocenters. The summed E-state index contributed by atoms with van der Waals surface area (Å²) in [6, 6.07) is 6.37. The molecule has 0 fully saturated rings. The van der Waals surface area contributed by atoms with Crippen LogP contribution in [-0.4, -0.2) is 0 Å². The topological polar surface area (TPSA) is 12.4 Å². The molecule has 0 N–H and O–H groups in total. The number of benzene rings is 1. The number of nitrogens with zero attached hydrogens (tertiary/aromatic N) is 1. The molecule has 0 aliphatic heterocycles. The van der Waals surface area contributed by atoms with E-state index in [4.69, 9.17) is 0 Å². The van der Waals surface area contributed by atoms with Gasteiger partial charge in [0.25, 0.3) is 0 Å². The standard InChI is InChI=1S/C12H13NS2/c1-8-4-5-11(9(2)6-8)13-12-14-7-10(3)15-12/h4-7H,1-3H3. The van der Waals surface area contributed by atoms with Crippen LogP contribution in [0.5, 0.6) is 0 Å². The first-order valence-corrected chi connectivity index (χ1v) is 6.52. The molecule has 1 heterocycles. The molecule has 0 atom stereocenters. The molecule has 2 aromatic rings. The van der Waals surface area contributed by atoms with Gasteiger partial charge in [-0.15, -0.1) is 22.7 Å². The van der Waals surface area contributed by atoms with Crippen LogP contribution < -0.4 is 3.98 Å². The Morgan fingerprint density at radius 3 is 2.53 bits per heavy atom. The van der Waals surface area contributed by atoms with Crippen molar-refractivity contribution < 1.29 is 0 Å². The lowest BCUT2D eigenvalue weighted by Crippen LogP contribution is -1.86. The van der Waals surface area contributed by atoms with E-state index in [1.54, 1.807) is 22.7 Å². The van der Waals surface area contributed by atoms with Gasteiger partial charge >= 0.3 is 0 Å². The quantitative estimate of drug-likeness (QED) is 0.709. The van der Waals surface area contributed by atoms with E-state index < -0.39 is 0 Å². The van der Waals surface area contributed by atoms with Gasteiger partial charge in [-0.05, 0) is 32.4 Å². The molecule has 3 heteroatoms. The maximum Gasteiger partial charge on any atom is 0.171 e. The van der Waals surface area contributed by atoms with Crippen molar-refractivity contribution >= 4 is 28.4 Å². The van der Waals surface area contributed by atoms with Gasteiger partial charge < -0.3 is 0 Å². The van der Waals surface area contributed by atoms with Gasteiger partial charge in [0.05, 0.1) is 5.69 Å². The lowest BCUT2D eigenvalue weighted by atomic mass is 10.1. The fraction of sp³-hybridized carbons (Fsp3) is 0.250. The van der Waals surface area contributed by atoms with Crippen molar-refractivity contribution in [3.63, 3.8) is 0 Å². The molecule has 0 saturated heterocycles. The summed E-state index contributed by atoms with van der Waals surface area (Å²) in [7, 11) is 0. The summed E-state index contributed by atoms with van der Waals surface area (Å²) in [5.41, 5.74) is 3.62. The number of hydrogen-bond donors (Lipinski definition) is 0. The van der Waals surface area contributed by atoms with Crippen molar-refractivity contribution in [2.24, 2.45) is 4.99 Å². The minimum atomic E-state index is 1.08. The van der Waals surface area contributed by atoms with Crippen LogP contribution in [0.15, 0.2) is 28.6 Å². The first-order chi connectivity index (χ1) is 7.15. The lowest BCUT2D eigenvalue weighted by Gasteiger charge is -1.99. The third kappa shape index (κ3) is 2.55. The van der Waals surface area contributed by atoms with Crippen LogP contribution in [0.1, 0.15) is 16.0 Å². The SMILES string of the molecule is Cc1ccc(N=c2scc(C)s2)c(C)c1. The monoisotopic (exact) mass is 235 g/mol. The molecule has 0 bridgehead atoms. The highest BCUT2D eigenvalue weighted by molar-refractivity contribution is 7.26. The Balaban J connectivity index is 2.48. The van der Waals surface area contributed by atoms with Gasteiger partial charge in [-0.25, -0.2) is 4.99 Å². The minimum Gasteiger partial charge on any atom is -0.227 e. The third-order valence-electron chi connectivity index (χ3n) is 2.14. The number of rotatable bonds is 1. The summed E-state index contributed by atoms with van der Waals surface area (Å²) in [5.74, 6) is 0. The fourth-order valence-corrected chi connectivity index (χ4v) is 3.30. The molecule has 1 aromatic carbocycles. The highest BCUT2D eigenvalue weighted by Gasteiger charge is 1.96. The van der Waals surface area contributed by atoms with E-state index >= 15 is 0 Å². The Bertz CT molecular complexity index is 535. The van der Waals surface area contributed by atoms with Crippen LogP contribution in [-0.2, 0) is 0 Å². The average Bonchev–Trinajstić information content (AvgIpc) is 2.56. The van der Waals surface area contributed by atoms with Crippen molar-refractivity contribution in [1.82, 2.24) is 0 Å². The minimum absolute atomic E-state index is 1.08. The summed E-state index contributed by atoms with van der Waals surface area (Å²) in [4.78, 5) is 5.96. The molecule has 1 nitrogen and oxygen atoms in total. The predicted molar refractivity (Wildman–Crippen MR) is 68.1 cm³/mol. The van der Waals surface area contributed by atoms with Crippen LogP contribution in [0.2, 0.25) is 0 Å². The largest absolute Gasteiger partial charge is 0.227 e. The molecule has 0 aliphatic rings. The number of hydrogen-bond acceptors (Lipinski definition) is 3. The van der Waals surface area contributed by atoms with E-state index in [1.807, 2.05) is 0 Å². The maximum absolute atomic E-state index is 4.64. The van der Waals surface area contributed by atoms with E-state index in [9.17, 15) is 0 Å². The van der Waals surface area contributed by atoms with Crippen LogP contribution >= 0.6 is 22.7 Å². The fourth-order valence-electron chi connectivity index (χ4n) is 1.40. The molecule has 0 amide bonds. The van der Waals surface area contributed by atoms with Gasteiger partial charge in [-0.2, -0.15) is 0 Å². The molecule has 0 radical (unpaired) electrons. The zero-order valence-electron chi connectivity index (χ0n) is 9.07. The van der Waals surface area contributed by atoms with Crippen LogP contribution in [0, 0.1) is 20.8 Å². The molecule has 0 saturated carbocycles. The van der Waals surface area contributed by atoms with E-state index in [2.05, 4.69) is 49.3 Å². The summed E-state index contributed by atoms with van der Waals surface area (Å²) < 4.78 is 1.12. The Kier molecular flexibility index (Phi) is 3.03. The Labute approximate surface area is 97.8 Å². The van der Waals surface area contributed by atoms with Gasteiger partial charge in [0.1, 0.15) is 0 Å². The molecule has 0 aliphatic carbocycles. The van der Waals surface area contributed by atoms with Crippen molar-refractivity contribution in [2.75, 3.05) is 0 Å². The van der Waals surface area contributed by atoms with Gasteiger partial charge in [0.15, 0.2) is 3.98 Å². The lowest BCUT2D eigenvalue weighted by molar-refractivity contribution is 1.32. The highest BCUT2D eigenvalue weighted by Crippen LogP contribution is 2.19. The summed E-state index contributed by atoms with van der Waals surface area (Å²) in [6.45, 7) is 6.33. The van der Waals surface area contributed by atoms with Crippen LogP contribution in [0.3, 0.4) is 0 Å². The predicted octanol–water partition coefficient (Wildman–Crippen LogP) is 3.97. The summed E-state index contributed by atoms with van der Waals surface area (Å²) in [6.07, 6.45) is 0. The highest BCUT2D eigenvalue weighted by atomic mass is 32.2. The smallest absolute Gasteiger partial charge is 0.171 e. The molecule has 0 spiro atoms. The van der Waals surface area contributed by atoms with Gasteiger partial charge in [-0.1, -0.05) is 17.7 Å². The molecule has 78 valence electrons. The van der Waals surface area contributed by atoms with Gasteiger partial charge in [-0.3, -0.25) is 0 Å². The molecular formula is C12H13NS2. The van der Waals surface area contributed by atoms with Gasteiger partial charge in [0, 0.05) is 10.3 Å². The van der Waals surface area contributed by atoms with E-state index in [1.165, 1.54) is 16.0 Å². The molecule has 1 aromatic heterocycles. The Morgan fingerprint density at radius 1 is 1.13 bits per heavy atom. The number of aryl methyl sites for hydroxylation is 3. The van der Waals surface area contributed by atoms with E-state index in [0.717, 1.165) is 9.67 Å². The van der Waals surface area contributed by atoms with Crippen molar-refractivity contribution in [3.05, 3.63) is 43.6 Å². The van der Waals surface area contributed by atoms with Crippen molar-refractivity contribution in [1.29, 1.82) is 0 Å².